The highest BCUT2D eigenvalue weighted by Gasteiger charge is 2.25. The fraction of sp³-hybridized carbons (Fsp3) is 0.519. The van der Waals surface area contributed by atoms with Crippen LogP contribution in [-0.4, -0.2) is 69.1 Å². The Balaban J connectivity index is 1.47. The van der Waals surface area contributed by atoms with Crippen molar-refractivity contribution in [1.82, 2.24) is 14.5 Å². The Morgan fingerprint density at radius 2 is 1.74 bits per heavy atom. The molecule has 35 heavy (non-hydrogen) atoms. The minimum absolute atomic E-state index is 0.0754. The van der Waals surface area contributed by atoms with Crippen LogP contribution in [0.1, 0.15) is 59.2 Å². The number of carbonyl (C=O) groups excluding carboxylic acids is 1. The van der Waals surface area contributed by atoms with Crippen molar-refractivity contribution >= 4 is 15.9 Å². The molecule has 2 heterocycles. The van der Waals surface area contributed by atoms with E-state index in [0.717, 1.165) is 56.5 Å². The number of nitrogens with one attached hydrogen (secondary N) is 1. The number of sulfonamides is 1. The average molecular weight is 500 g/mol. The normalized spacial score (nSPS) is 18.3. The summed E-state index contributed by atoms with van der Waals surface area (Å²) in [5.41, 5.74) is 3.93. The van der Waals surface area contributed by atoms with Gasteiger partial charge in [-0.2, -0.15) is 0 Å². The smallest absolute Gasteiger partial charge is 0.251 e. The van der Waals surface area contributed by atoms with Crippen molar-refractivity contribution in [2.24, 2.45) is 0 Å². The Morgan fingerprint density at radius 3 is 2.57 bits per heavy atom. The summed E-state index contributed by atoms with van der Waals surface area (Å²) in [5.74, 6) is 0.463. The second kappa shape index (κ2) is 12.0. The highest BCUT2D eigenvalue weighted by atomic mass is 32.2. The first-order chi connectivity index (χ1) is 16.9. The molecule has 1 amide bonds. The molecule has 8 heteroatoms. The van der Waals surface area contributed by atoms with E-state index in [-0.39, 0.29) is 18.2 Å². The highest BCUT2D eigenvalue weighted by molar-refractivity contribution is 7.89. The standard InChI is InChI=1S/C27H37N3O4S/c1-29-13-3-2-6-16-34-26-11-10-24(20-25(26)19-22-8-7-9-23(18-22)21-29)27(31)28-12-17-35(32,33)30-14-4-5-15-30/h7-11,18,20H,2-6,12-17,19,21H2,1H3,(H,28,31). The number of fused-ring (bicyclic) bond motifs is 3. The zero-order valence-electron chi connectivity index (χ0n) is 20.7. The van der Waals surface area contributed by atoms with Gasteiger partial charge in [0.25, 0.3) is 5.91 Å². The molecular weight excluding hydrogens is 462 g/mol. The summed E-state index contributed by atoms with van der Waals surface area (Å²) in [4.78, 5) is 15.2. The molecule has 1 N–H and O–H groups in total. The third kappa shape index (κ3) is 7.29. The summed E-state index contributed by atoms with van der Waals surface area (Å²) in [6.07, 6.45) is 5.72. The highest BCUT2D eigenvalue weighted by Crippen LogP contribution is 2.25. The van der Waals surface area contributed by atoms with Crippen molar-refractivity contribution < 1.29 is 17.9 Å². The molecule has 0 radical (unpaired) electrons. The molecule has 2 bridgehead atoms. The Morgan fingerprint density at radius 1 is 0.971 bits per heavy atom. The van der Waals surface area contributed by atoms with Gasteiger partial charge in [-0.15, -0.1) is 0 Å². The third-order valence-corrected chi connectivity index (χ3v) is 8.58. The lowest BCUT2D eigenvalue weighted by atomic mass is 9.99. The summed E-state index contributed by atoms with van der Waals surface area (Å²) < 4.78 is 32.5. The average Bonchev–Trinajstić information content (AvgIpc) is 3.38. The predicted octanol–water partition coefficient (Wildman–Crippen LogP) is 3.43. The van der Waals surface area contributed by atoms with Gasteiger partial charge in [-0.05, 0) is 80.6 Å². The van der Waals surface area contributed by atoms with Crippen molar-refractivity contribution in [3.05, 3.63) is 64.7 Å². The van der Waals surface area contributed by atoms with Crippen LogP contribution in [0.4, 0.5) is 0 Å². The fourth-order valence-corrected chi connectivity index (χ4v) is 6.21. The van der Waals surface area contributed by atoms with Crippen LogP contribution in [0.2, 0.25) is 0 Å². The van der Waals surface area contributed by atoms with E-state index in [1.54, 1.807) is 6.07 Å². The number of benzene rings is 2. The van der Waals surface area contributed by atoms with Gasteiger partial charge >= 0.3 is 0 Å². The summed E-state index contributed by atoms with van der Waals surface area (Å²) in [6, 6.07) is 14.1. The van der Waals surface area contributed by atoms with E-state index < -0.39 is 10.0 Å². The van der Waals surface area contributed by atoms with E-state index in [2.05, 4.69) is 41.5 Å². The van der Waals surface area contributed by atoms with Gasteiger partial charge in [0.2, 0.25) is 10.0 Å². The molecule has 0 saturated carbocycles. The second-order valence-electron chi connectivity index (χ2n) is 9.64. The lowest BCUT2D eigenvalue weighted by Crippen LogP contribution is -2.36. The number of amides is 1. The van der Waals surface area contributed by atoms with Crippen LogP contribution in [0, 0.1) is 0 Å². The lowest BCUT2D eigenvalue weighted by molar-refractivity contribution is 0.0956. The topological polar surface area (TPSA) is 79.0 Å². The molecular formula is C27H37N3O4S. The van der Waals surface area contributed by atoms with Crippen LogP contribution in [0.25, 0.3) is 0 Å². The molecule has 2 aromatic carbocycles. The van der Waals surface area contributed by atoms with Crippen molar-refractivity contribution in [3.8, 4) is 5.75 Å². The number of carbonyl (C=O) groups is 1. The Kier molecular flexibility index (Phi) is 8.81. The van der Waals surface area contributed by atoms with Gasteiger partial charge in [0.05, 0.1) is 12.4 Å². The number of rotatable bonds is 5. The van der Waals surface area contributed by atoms with Gasteiger partial charge in [-0.1, -0.05) is 24.3 Å². The van der Waals surface area contributed by atoms with Gasteiger partial charge in [-0.3, -0.25) is 4.79 Å². The van der Waals surface area contributed by atoms with Gasteiger partial charge in [0.15, 0.2) is 0 Å². The SMILES string of the molecule is CN1CCCCCOc2ccc(C(=O)NCCS(=O)(=O)N3CCCC3)cc2Cc2cccc(c2)C1. The molecule has 2 aromatic rings. The zero-order valence-corrected chi connectivity index (χ0v) is 21.5. The summed E-state index contributed by atoms with van der Waals surface area (Å²) in [5, 5.41) is 2.79. The van der Waals surface area contributed by atoms with Crippen LogP contribution in [0.5, 0.6) is 5.75 Å². The monoisotopic (exact) mass is 499 g/mol. The maximum atomic E-state index is 12.8. The molecule has 0 aliphatic carbocycles. The fourth-order valence-electron chi connectivity index (χ4n) is 4.78. The van der Waals surface area contributed by atoms with Crippen molar-refractivity contribution in [2.45, 2.75) is 45.1 Å². The van der Waals surface area contributed by atoms with Gasteiger partial charge in [0.1, 0.15) is 5.75 Å². The minimum Gasteiger partial charge on any atom is -0.493 e. The van der Waals surface area contributed by atoms with E-state index in [1.165, 1.54) is 15.4 Å². The van der Waals surface area contributed by atoms with Crippen LogP contribution in [0.3, 0.4) is 0 Å². The molecule has 0 spiro atoms. The maximum absolute atomic E-state index is 12.8. The van der Waals surface area contributed by atoms with E-state index in [4.69, 9.17) is 4.74 Å². The van der Waals surface area contributed by atoms with Crippen molar-refractivity contribution in [2.75, 3.05) is 45.6 Å². The van der Waals surface area contributed by atoms with E-state index in [1.807, 2.05) is 12.1 Å². The zero-order chi connectivity index (χ0) is 24.7. The molecule has 0 aromatic heterocycles. The first-order valence-electron chi connectivity index (χ1n) is 12.7. The van der Waals surface area contributed by atoms with E-state index >= 15 is 0 Å². The number of nitrogens with zero attached hydrogens (tertiary/aromatic N) is 2. The van der Waals surface area contributed by atoms with E-state index in [9.17, 15) is 13.2 Å². The third-order valence-electron chi connectivity index (χ3n) is 6.71. The summed E-state index contributed by atoms with van der Waals surface area (Å²) >= 11 is 0. The Bertz CT molecular complexity index is 1110. The minimum atomic E-state index is -3.32. The van der Waals surface area contributed by atoms with Crippen LogP contribution in [0.15, 0.2) is 42.5 Å². The largest absolute Gasteiger partial charge is 0.493 e. The van der Waals surface area contributed by atoms with Gasteiger partial charge in [0, 0.05) is 38.2 Å². The number of hydrogen-bond donors (Lipinski definition) is 1. The number of ether oxygens (including phenoxy) is 1. The molecule has 7 nitrogen and oxygen atoms in total. The van der Waals surface area contributed by atoms with Crippen LogP contribution < -0.4 is 10.1 Å². The molecule has 1 fully saturated rings. The molecule has 2 aliphatic heterocycles. The summed E-state index contributed by atoms with van der Waals surface area (Å²) in [7, 11) is -1.16. The first kappa shape index (κ1) is 25.7. The molecule has 190 valence electrons. The van der Waals surface area contributed by atoms with Crippen molar-refractivity contribution in [3.63, 3.8) is 0 Å². The van der Waals surface area contributed by atoms with Crippen LogP contribution in [-0.2, 0) is 23.0 Å². The van der Waals surface area contributed by atoms with Crippen LogP contribution >= 0.6 is 0 Å². The molecule has 0 atom stereocenters. The maximum Gasteiger partial charge on any atom is 0.251 e. The van der Waals surface area contributed by atoms with Gasteiger partial charge in [-0.25, -0.2) is 12.7 Å². The summed E-state index contributed by atoms with van der Waals surface area (Å²) in [6.45, 7) is 3.90. The molecule has 2 aliphatic rings. The quantitative estimate of drug-likeness (QED) is 0.682. The number of hydrogen-bond acceptors (Lipinski definition) is 5. The Hall–Kier alpha value is -2.42. The van der Waals surface area contributed by atoms with Gasteiger partial charge < -0.3 is 15.0 Å². The molecule has 1 saturated heterocycles. The van der Waals surface area contributed by atoms with E-state index in [0.29, 0.717) is 31.7 Å². The second-order valence-corrected chi connectivity index (χ2v) is 11.7. The molecule has 0 unspecified atom stereocenters. The predicted molar refractivity (Wildman–Crippen MR) is 138 cm³/mol. The molecule has 4 rings (SSSR count). The first-order valence-corrected chi connectivity index (χ1v) is 14.3. The van der Waals surface area contributed by atoms with Crippen molar-refractivity contribution in [1.29, 1.82) is 0 Å². The lowest BCUT2D eigenvalue weighted by Gasteiger charge is -2.19. The Labute approximate surface area is 209 Å².